The van der Waals surface area contributed by atoms with Gasteiger partial charge in [-0.05, 0) is 61.1 Å². The second-order valence-corrected chi connectivity index (χ2v) is 7.42. The van der Waals surface area contributed by atoms with E-state index in [4.69, 9.17) is 0 Å². The Bertz CT molecular complexity index is 872. The van der Waals surface area contributed by atoms with Gasteiger partial charge in [-0.2, -0.15) is 0 Å². The average Bonchev–Trinajstić information content (AvgIpc) is 3.23. The van der Waals surface area contributed by atoms with Gasteiger partial charge in [-0.3, -0.25) is 9.59 Å². The topological polar surface area (TPSA) is 61.4 Å². The van der Waals surface area contributed by atoms with Crippen LogP contribution in [0.2, 0.25) is 0 Å². The van der Waals surface area contributed by atoms with Gasteiger partial charge >= 0.3 is 0 Å². The first-order valence-corrected chi connectivity index (χ1v) is 9.63. The summed E-state index contributed by atoms with van der Waals surface area (Å²) >= 11 is 0. The van der Waals surface area contributed by atoms with Crippen molar-refractivity contribution in [1.29, 1.82) is 0 Å². The van der Waals surface area contributed by atoms with Gasteiger partial charge in [0, 0.05) is 30.9 Å². The van der Waals surface area contributed by atoms with Crippen molar-refractivity contribution < 1.29 is 9.59 Å². The van der Waals surface area contributed by atoms with E-state index in [9.17, 15) is 9.59 Å². The number of benzene rings is 2. The summed E-state index contributed by atoms with van der Waals surface area (Å²) in [6, 6.07) is 13.5. The van der Waals surface area contributed by atoms with Crippen molar-refractivity contribution in [2.75, 3.05) is 18.4 Å². The van der Waals surface area contributed by atoms with Crippen LogP contribution in [0.5, 0.6) is 0 Å². The van der Waals surface area contributed by atoms with Crippen LogP contribution in [0.15, 0.2) is 42.5 Å². The van der Waals surface area contributed by atoms with Gasteiger partial charge < -0.3 is 15.5 Å². The number of hydrogen-bond donors (Lipinski definition) is 2. The third-order valence-electron chi connectivity index (χ3n) is 5.52. The van der Waals surface area contributed by atoms with Gasteiger partial charge in [0.1, 0.15) is 0 Å². The normalized spacial score (nSPS) is 18.9. The minimum absolute atomic E-state index is 0.0359. The van der Waals surface area contributed by atoms with Gasteiger partial charge in [0.15, 0.2) is 0 Å². The summed E-state index contributed by atoms with van der Waals surface area (Å²) in [7, 11) is 0. The van der Waals surface area contributed by atoms with E-state index in [1.807, 2.05) is 42.2 Å². The van der Waals surface area contributed by atoms with E-state index in [0.717, 1.165) is 37.2 Å². The summed E-state index contributed by atoms with van der Waals surface area (Å²) in [5.74, 6) is 0.0465. The molecule has 0 aromatic heterocycles. The summed E-state index contributed by atoms with van der Waals surface area (Å²) in [6.45, 7) is 4.31. The highest BCUT2D eigenvalue weighted by atomic mass is 16.2. The summed E-state index contributed by atoms with van der Waals surface area (Å²) in [5.41, 5.74) is 4.84. The first-order valence-electron chi connectivity index (χ1n) is 9.63. The standard InChI is InChI=1S/C22H25N3O2/c1-15-12-17(22(27)25-10-4-5-11-25)8-9-19(15)24-21(26)20-13-16-6-2-3-7-18(16)14-23-20/h2-3,6-9,12,20,23H,4-5,10-11,13-14H2,1H3,(H,24,26)/t20-/m1/s1. The molecule has 1 atom stereocenters. The molecule has 0 bridgehead atoms. The van der Waals surface area contributed by atoms with Gasteiger partial charge in [0.25, 0.3) is 5.91 Å². The Kier molecular flexibility index (Phi) is 4.94. The largest absolute Gasteiger partial charge is 0.339 e. The van der Waals surface area contributed by atoms with E-state index in [1.165, 1.54) is 11.1 Å². The third-order valence-corrected chi connectivity index (χ3v) is 5.52. The maximum absolute atomic E-state index is 12.7. The molecular formula is C22H25N3O2. The van der Waals surface area contributed by atoms with Crippen LogP contribution < -0.4 is 10.6 Å². The maximum Gasteiger partial charge on any atom is 0.253 e. The van der Waals surface area contributed by atoms with Gasteiger partial charge in [-0.15, -0.1) is 0 Å². The molecule has 4 rings (SSSR count). The number of carbonyl (C=O) groups is 2. The Morgan fingerprint density at radius 1 is 1.07 bits per heavy atom. The van der Waals surface area contributed by atoms with Crippen LogP contribution in [0, 0.1) is 6.92 Å². The third kappa shape index (κ3) is 3.74. The minimum Gasteiger partial charge on any atom is -0.339 e. The van der Waals surface area contributed by atoms with Crippen molar-refractivity contribution in [1.82, 2.24) is 10.2 Å². The molecule has 1 saturated heterocycles. The van der Waals surface area contributed by atoms with Crippen LogP contribution in [0.4, 0.5) is 5.69 Å². The van der Waals surface area contributed by atoms with E-state index >= 15 is 0 Å². The molecule has 0 radical (unpaired) electrons. The number of anilines is 1. The molecule has 2 aliphatic heterocycles. The van der Waals surface area contributed by atoms with Crippen molar-refractivity contribution in [2.24, 2.45) is 0 Å². The van der Waals surface area contributed by atoms with Crippen molar-refractivity contribution >= 4 is 17.5 Å². The SMILES string of the molecule is Cc1cc(C(=O)N2CCCC2)ccc1NC(=O)[C@H]1Cc2ccccc2CN1. The van der Waals surface area contributed by atoms with E-state index < -0.39 is 0 Å². The number of rotatable bonds is 3. The quantitative estimate of drug-likeness (QED) is 0.881. The Labute approximate surface area is 159 Å². The Balaban J connectivity index is 1.43. The molecule has 0 aliphatic carbocycles. The van der Waals surface area contributed by atoms with Crippen LogP contribution in [-0.4, -0.2) is 35.8 Å². The highest BCUT2D eigenvalue weighted by molar-refractivity contribution is 5.98. The number of amides is 2. The lowest BCUT2D eigenvalue weighted by Gasteiger charge is -2.25. The summed E-state index contributed by atoms with van der Waals surface area (Å²) < 4.78 is 0. The number of fused-ring (bicyclic) bond motifs is 1. The monoisotopic (exact) mass is 363 g/mol. The molecule has 5 heteroatoms. The van der Waals surface area contributed by atoms with E-state index in [1.54, 1.807) is 0 Å². The molecule has 140 valence electrons. The second-order valence-electron chi connectivity index (χ2n) is 7.42. The van der Waals surface area contributed by atoms with Gasteiger partial charge in [-0.25, -0.2) is 0 Å². The molecule has 2 heterocycles. The number of aryl methyl sites for hydroxylation is 1. The van der Waals surface area contributed by atoms with E-state index in [2.05, 4.69) is 22.8 Å². The molecule has 5 nitrogen and oxygen atoms in total. The number of nitrogens with one attached hydrogen (secondary N) is 2. The number of hydrogen-bond acceptors (Lipinski definition) is 3. The Hall–Kier alpha value is -2.66. The Morgan fingerprint density at radius 2 is 1.81 bits per heavy atom. The maximum atomic E-state index is 12.7. The van der Waals surface area contributed by atoms with Crippen LogP contribution in [0.1, 0.15) is 39.9 Å². The second kappa shape index (κ2) is 7.53. The van der Waals surface area contributed by atoms with Crippen molar-refractivity contribution in [3.63, 3.8) is 0 Å². The first-order chi connectivity index (χ1) is 13.1. The first kappa shape index (κ1) is 17.7. The average molecular weight is 363 g/mol. The van der Waals surface area contributed by atoms with Crippen LogP contribution in [-0.2, 0) is 17.8 Å². The van der Waals surface area contributed by atoms with Crippen LogP contribution >= 0.6 is 0 Å². The fraction of sp³-hybridized carbons (Fsp3) is 0.364. The number of likely N-dealkylation sites (tertiary alicyclic amines) is 1. The fourth-order valence-corrected chi connectivity index (χ4v) is 3.90. The summed E-state index contributed by atoms with van der Waals surface area (Å²) in [6.07, 6.45) is 2.85. The van der Waals surface area contributed by atoms with Gasteiger partial charge in [-0.1, -0.05) is 24.3 Å². The van der Waals surface area contributed by atoms with Gasteiger partial charge in [0.2, 0.25) is 5.91 Å². The van der Waals surface area contributed by atoms with Crippen LogP contribution in [0.25, 0.3) is 0 Å². The zero-order chi connectivity index (χ0) is 18.8. The lowest BCUT2D eigenvalue weighted by molar-refractivity contribution is -0.118. The lowest BCUT2D eigenvalue weighted by atomic mass is 9.95. The minimum atomic E-state index is -0.245. The zero-order valence-corrected chi connectivity index (χ0v) is 15.6. The highest BCUT2D eigenvalue weighted by Gasteiger charge is 2.25. The number of nitrogens with zero attached hydrogens (tertiary/aromatic N) is 1. The van der Waals surface area contributed by atoms with Crippen molar-refractivity contribution in [3.8, 4) is 0 Å². The molecule has 2 N–H and O–H groups in total. The molecule has 2 aromatic rings. The molecule has 2 aromatic carbocycles. The van der Waals surface area contributed by atoms with Crippen LogP contribution in [0.3, 0.4) is 0 Å². The summed E-state index contributed by atoms with van der Waals surface area (Å²) in [5, 5.41) is 6.33. The van der Waals surface area contributed by atoms with Crippen molar-refractivity contribution in [2.45, 2.75) is 38.8 Å². The molecule has 0 saturated carbocycles. The summed E-state index contributed by atoms with van der Waals surface area (Å²) in [4.78, 5) is 27.1. The predicted molar refractivity (Wildman–Crippen MR) is 106 cm³/mol. The predicted octanol–water partition coefficient (Wildman–Crippen LogP) is 2.88. The lowest BCUT2D eigenvalue weighted by Crippen LogP contribution is -2.44. The molecule has 2 aliphatic rings. The molecule has 0 spiro atoms. The zero-order valence-electron chi connectivity index (χ0n) is 15.6. The Morgan fingerprint density at radius 3 is 2.56 bits per heavy atom. The smallest absolute Gasteiger partial charge is 0.253 e. The molecular weight excluding hydrogens is 338 g/mol. The van der Waals surface area contributed by atoms with Gasteiger partial charge in [0.05, 0.1) is 6.04 Å². The molecule has 0 unspecified atom stereocenters. The molecule has 27 heavy (non-hydrogen) atoms. The van der Waals surface area contributed by atoms with Crippen molar-refractivity contribution in [3.05, 3.63) is 64.7 Å². The fourth-order valence-electron chi connectivity index (χ4n) is 3.90. The highest BCUT2D eigenvalue weighted by Crippen LogP contribution is 2.21. The van der Waals surface area contributed by atoms with E-state index in [-0.39, 0.29) is 17.9 Å². The number of carbonyl (C=O) groups excluding carboxylic acids is 2. The molecule has 2 amide bonds. The van der Waals surface area contributed by atoms with E-state index in [0.29, 0.717) is 18.5 Å². The molecule has 1 fully saturated rings.